The van der Waals surface area contributed by atoms with Gasteiger partial charge < -0.3 is 19.3 Å². The predicted molar refractivity (Wildman–Crippen MR) is 147 cm³/mol. The van der Waals surface area contributed by atoms with Crippen molar-refractivity contribution in [1.29, 1.82) is 0 Å². The Morgan fingerprint density at radius 3 is 2.59 bits per heavy atom. The van der Waals surface area contributed by atoms with Gasteiger partial charge in [-0.25, -0.2) is 14.8 Å². The van der Waals surface area contributed by atoms with E-state index in [1.54, 1.807) is 19.1 Å². The average Bonchev–Trinajstić information content (AvgIpc) is 3.51. The van der Waals surface area contributed by atoms with Crippen LogP contribution in [0.15, 0.2) is 44.7 Å². The van der Waals surface area contributed by atoms with Crippen molar-refractivity contribution >= 4 is 28.7 Å². The summed E-state index contributed by atoms with van der Waals surface area (Å²) in [6.45, 7) is 10.2. The highest BCUT2D eigenvalue weighted by atomic mass is 16.5. The van der Waals surface area contributed by atoms with Crippen LogP contribution in [0.25, 0.3) is 11.2 Å². The van der Waals surface area contributed by atoms with Crippen LogP contribution in [0.3, 0.4) is 0 Å². The van der Waals surface area contributed by atoms with Gasteiger partial charge in [0.2, 0.25) is 5.91 Å². The molecule has 1 amide bonds. The third-order valence-electron chi connectivity index (χ3n) is 7.46. The van der Waals surface area contributed by atoms with Gasteiger partial charge in [-0.3, -0.25) is 18.7 Å². The number of nitrogens with zero attached hydrogens (tertiary/aromatic N) is 7. The zero-order valence-electron chi connectivity index (χ0n) is 23.0. The molecule has 0 saturated carbocycles. The van der Waals surface area contributed by atoms with Crippen LogP contribution in [0.4, 0.5) is 11.6 Å². The number of aromatic nitrogens is 6. The summed E-state index contributed by atoms with van der Waals surface area (Å²) < 4.78 is 8.85. The molecule has 1 saturated heterocycles. The Hall–Kier alpha value is -4.22. The number of carbonyl (C=O) groups excluding carboxylic acids is 1. The molecule has 5 rings (SSSR count). The predicted octanol–water partition coefficient (Wildman–Crippen LogP) is 2.54. The first kappa shape index (κ1) is 26.4. The van der Waals surface area contributed by atoms with Crippen molar-refractivity contribution in [2.24, 2.45) is 18.4 Å². The van der Waals surface area contributed by atoms with E-state index in [1.807, 2.05) is 12.1 Å². The number of hydrogen-bond acceptors (Lipinski definition) is 8. The standard InChI is InChI=1S/C27H34N8O4/c1-17-13-19(31-39-17)14-35-25(37)23-24(32(5)26(35)38)28-16-34(23)15-22(36)30-20-7-6-8-21(29-20)33-11-9-18(10-12-33)27(2,3)4/h6-8,13,16,18H,9-12,14-15H2,1-5H3,(H,29,30,36). The van der Waals surface area contributed by atoms with Gasteiger partial charge in [-0.1, -0.05) is 32.0 Å². The van der Waals surface area contributed by atoms with Crippen LogP contribution >= 0.6 is 0 Å². The largest absolute Gasteiger partial charge is 0.361 e. The molecule has 0 aliphatic carbocycles. The molecule has 5 heterocycles. The fourth-order valence-corrected chi connectivity index (χ4v) is 5.22. The Labute approximate surface area is 225 Å². The Kier molecular flexibility index (Phi) is 6.87. The summed E-state index contributed by atoms with van der Waals surface area (Å²) in [5.41, 5.74) is -0.00545. The molecule has 0 radical (unpaired) electrons. The van der Waals surface area contributed by atoms with Crippen molar-refractivity contribution in [2.45, 2.75) is 53.6 Å². The number of pyridine rings is 1. The van der Waals surface area contributed by atoms with Crippen LogP contribution < -0.4 is 21.5 Å². The smallest absolute Gasteiger partial charge is 0.332 e. The molecular formula is C27H34N8O4. The molecule has 1 aliphatic heterocycles. The first-order valence-corrected chi connectivity index (χ1v) is 13.1. The highest BCUT2D eigenvalue weighted by Gasteiger charge is 2.29. The molecule has 1 fully saturated rings. The SMILES string of the molecule is Cc1cc(Cn2c(=O)c3c(ncn3CC(=O)Nc3cccc(N4CCC(C(C)(C)C)CC4)n3)n(C)c2=O)no1. The number of amides is 1. The fraction of sp³-hybridized carbons (Fsp3) is 0.481. The molecule has 1 aliphatic rings. The normalized spacial score (nSPS) is 14.7. The number of anilines is 2. The summed E-state index contributed by atoms with van der Waals surface area (Å²) in [5, 5.41) is 6.72. The van der Waals surface area contributed by atoms with E-state index in [9.17, 15) is 14.4 Å². The molecular weight excluding hydrogens is 500 g/mol. The van der Waals surface area contributed by atoms with Crippen LogP contribution in [0.2, 0.25) is 0 Å². The summed E-state index contributed by atoms with van der Waals surface area (Å²) in [6.07, 6.45) is 3.59. The van der Waals surface area contributed by atoms with Gasteiger partial charge >= 0.3 is 5.69 Å². The number of piperidine rings is 1. The highest BCUT2D eigenvalue weighted by molar-refractivity contribution is 5.90. The number of carbonyl (C=O) groups is 1. The molecule has 0 bridgehead atoms. The van der Waals surface area contributed by atoms with Crippen molar-refractivity contribution in [3.63, 3.8) is 0 Å². The van der Waals surface area contributed by atoms with Crippen LogP contribution in [0, 0.1) is 18.3 Å². The molecule has 12 nitrogen and oxygen atoms in total. The van der Waals surface area contributed by atoms with Gasteiger partial charge in [0, 0.05) is 26.2 Å². The van der Waals surface area contributed by atoms with Gasteiger partial charge in [0.1, 0.15) is 29.6 Å². The first-order valence-electron chi connectivity index (χ1n) is 13.1. The summed E-state index contributed by atoms with van der Waals surface area (Å²) in [4.78, 5) is 50.3. The minimum Gasteiger partial charge on any atom is -0.361 e. The number of rotatable bonds is 6. The van der Waals surface area contributed by atoms with Crippen LogP contribution in [0.5, 0.6) is 0 Å². The molecule has 4 aromatic heterocycles. The monoisotopic (exact) mass is 534 g/mol. The molecule has 206 valence electrons. The van der Waals surface area contributed by atoms with E-state index in [2.05, 4.69) is 46.1 Å². The lowest BCUT2D eigenvalue weighted by molar-refractivity contribution is -0.116. The van der Waals surface area contributed by atoms with Crippen molar-refractivity contribution in [3.8, 4) is 0 Å². The Balaban J connectivity index is 1.33. The van der Waals surface area contributed by atoms with Gasteiger partial charge in [-0.2, -0.15) is 0 Å². The van der Waals surface area contributed by atoms with E-state index in [0.717, 1.165) is 36.3 Å². The zero-order valence-corrected chi connectivity index (χ0v) is 23.0. The van der Waals surface area contributed by atoms with Crippen LogP contribution in [0.1, 0.15) is 45.1 Å². The lowest BCUT2D eigenvalue weighted by atomic mass is 9.75. The molecule has 39 heavy (non-hydrogen) atoms. The fourth-order valence-electron chi connectivity index (χ4n) is 5.22. The lowest BCUT2D eigenvalue weighted by Crippen LogP contribution is -2.40. The minimum atomic E-state index is -0.558. The van der Waals surface area contributed by atoms with E-state index in [4.69, 9.17) is 4.52 Å². The average molecular weight is 535 g/mol. The summed E-state index contributed by atoms with van der Waals surface area (Å²) in [6, 6.07) is 7.23. The van der Waals surface area contributed by atoms with Crippen LogP contribution in [-0.2, 0) is 24.9 Å². The van der Waals surface area contributed by atoms with E-state index in [1.165, 1.54) is 22.5 Å². The van der Waals surface area contributed by atoms with Gasteiger partial charge in [0.15, 0.2) is 11.2 Å². The molecule has 0 aromatic carbocycles. The third kappa shape index (κ3) is 5.36. The summed E-state index contributed by atoms with van der Waals surface area (Å²) >= 11 is 0. The van der Waals surface area contributed by atoms with E-state index < -0.39 is 11.2 Å². The molecule has 0 spiro atoms. The molecule has 12 heteroatoms. The molecule has 4 aromatic rings. The highest BCUT2D eigenvalue weighted by Crippen LogP contribution is 2.35. The molecule has 1 N–H and O–H groups in total. The van der Waals surface area contributed by atoms with Gasteiger partial charge in [-0.15, -0.1) is 0 Å². The number of hydrogen-bond donors (Lipinski definition) is 1. The van der Waals surface area contributed by atoms with E-state index in [0.29, 0.717) is 23.2 Å². The van der Waals surface area contributed by atoms with Crippen molar-refractivity contribution in [3.05, 3.63) is 62.9 Å². The quantitative estimate of drug-likeness (QED) is 0.399. The maximum absolute atomic E-state index is 13.3. The maximum atomic E-state index is 13.3. The van der Waals surface area contributed by atoms with Crippen molar-refractivity contribution < 1.29 is 9.32 Å². The summed E-state index contributed by atoms with van der Waals surface area (Å²) in [7, 11) is 1.53. The van der Waals surface area contributed by atoms with Gasteiger partial charge in [-0.05, 0) is 43.2 Å². The number of fused-ring (bicyclic) bond motifs is 1. The van der Waals surface area contributed by atoms with Crippen molar-refractivity contribution in [2.75, 3.05) is 23.3 Å². The molecule has 0 unspecified atom stereocenters. The number of imidazole rings is 1. The topological polar surface area (TPSA) is 133 Å². The second-order valence-corrected chi connectivity index (χ2v) is 11.3. The maximum Gasteiger partial charge on any atom is 0.332 e. The Morgan fingerprint density at radius 1 is 1.18 bits per heavy atom. The third-order valence-corrected chi connectivity index (χ3v) is 7.46. The zero-order chi connectivity index (χ0) is 27.9. The minimum absolute atomic E-state index is 0.0557. The molecule has 0 atom stereocenters. The second kappa shape index (κ2) is 10.2. The van der Waals surface area contributed by atoms with Crippen LogP contribution in [-0.4, -0.2) is 47.8 Å². The van der Waals surface area contributed by atoms with Gasteiger partial charge in [0.25, 0.3) is 5.56 Å². The number of aryl methyl sites for hydroxylation is 2. The Bertz CT molecular complexity index is 1630. The summed E-state index contributed by atoms with van der Waals surface area (Å²) in [5.74, 6) is 2.15. The van der Waals surface area contributed by atoms with Gasteiger partial charge in [0.05, 0.1) is 12.9 Å². The Morgan fingerprint density at radius 2 is 1.92 bits per heavy atom. The van der Waals surface area contributed by atoms with Crippen molar-refractivity contribution in [1.82, 2.24) is 28.8 Å². The lowest BCUT2D eigenvalue weighted by Gasteiger charge is -2.39. The van der Waals surface area contributed by atoms with E-state index >= 15 is 0 Å². The first-order chi connectivity index (χ1) is 18.5. The van der Waals surface area contributed by atoms with E-state index in [-0.39, 0.29) is 35.6 Å². The second-order valence-electron chi connectivity index (χ2n) is 11.3. The number of nitrogens with one attached hydrogen (secondary N) is 1.